The summed E-state index contributed by atoms with van der Waals surface area (Å²) in [5, 5.41) is 6.68. The SMILES string of the molecule is Cc1ccoc1C(=O)NCc1cc(CC(C)C)on1. The van der Waals surface area contributed by atoms with Crippen molar-refractivity contribution in [1.29, 1.82) is 0 Å². The van der Waals surface area contributed by atoms with Gasteiger partial charge in [0.05, 0.1) is 12.8 Å². The molecule has 2 aromatic rings. The van der Waals surface area contributed by atoms with Crippen molar-refractivity contribution in [2.24, 2.45) is 5.92 Å². The van der Waals surface area contributed by atoms with Gasteiger partial charge in [0, 0.05) is 18.1 Å². The maximum atomic E-state index is 11.8. The highest BCUT2D eigenvalue weighted by Gasteiger charge is 2.13. The first-order valence-electron chi connectivity index (χ1n) is 6.33. The number of aryl methyl sites for hydroxylation is 1. The van der Waals surface area contributed by atoms with E-state index in [2.05, 4.69) is 24.3 Å². The standard InChI is InChI=1S/C14H18N2O3/c1-9(2)6-12-7-11(16-19-12)8-15-14(17)13-10(3)4-5-18-13/h4-5,7,9H,6,8H2,1-3H3,(H,15,17). The van der Waals surface area contributed by atoms with Crippen LogP contribution in [-0.4, -0.2) is 11.1 Å². The zero-order valence-corrected chi connectivity index (χ0v) is 11.4. The number of rotatable bonds is 5. The highest BCUT2D eigenvalue weighted by Crippen LogP contribution is 2.11. The molecule has 0 fully saturated rings. The monoisotopic (exact) mass is 262 g/mol. The molecule has 0 spiro atoms. The first kappa shape index (κ1) is 13.4. The smallest absolute Gasteiger partial charge is 0.287 e. The minimum absolute atomic E-state index is 0.240. The molecule has 0 saturated carbocycles. The molecular weight excluding hydrogens is 244 g/mol. The second-order valence-corrected chi connectivity index (χ2v) is 5.00. The molecule has 0 atom stereocenters. The number of nitrogens with one attached hydrogen (secondary N) is 1. The average molecular weight is 262 g/mol. The van der Waals surface area contributed by atoms with E-state index in [9.17, 15) is 4.79 Å². The maximum Gasteiger partial charge on any atom is 0.287 e. The fourth-order valence-corrected chi connectivity index (χ4v) is 1.79. The molecule has 0 saturated heterocycles. The van der Waals surface area contributed by atoms with Gasteiger partial charge in [-0.2, -0.15) is 0 Å². The van der Waals surface area contributed by atoms with Gasteiger partial charge in [-0.15, -0.1) is 0 Å². The molecule has 1 N–H and O–H groups in total. The highest BCUT2D eigenvalue weighted by molar-refractivity contribution is 5.92. The Morgan fingerprint density at radius 3 is 2.89 bits per heavy atom. The molecule has 0 bridgehead atoms. The Hall–Kier alpha value is -2.04. The lowest BCUT2D eigenvalue weighted by Crippen LogP contribution is -2.23. The van der Waals surface area contributed by atoms with E-state index in [1.165, 1.54) is 6.26 Å². The Balaban J connectivity index is 1.90. The summed E-state index contributed by atoms with van der Waals surface area (Å²) >= 11 is 0. The fraction of sp³-hybridized carbons (Fsp3) is 0.429. The molecule has 0 aliphatic carbocycles. The van der Waals surface area contributed by atoms with Crippen molar-refractivity contribution in [2.45, 2.75) is 33.7 Å². The molecule has 0 radical (unpaired) electrons. The number of hydrogen-bond donors (Lipinski definition) is 1. The summed E-state index contributed by atoms with van der Waals surface area (Å²) in [5.74, 6) is 1.45. The van der Waals surface area contributed by atoms with Crippen LogP contribution in [0, 0.1) is 12.8 Å². The lowest BCUT2D eigenvalue weighted by molar-refractivity contribution is 0.0921. The molecule has 0 aliphatic heterocycles. The van der Waals surface area contributed by atoms with E-state index in [0.29, 0.717) is 23.9 Å². The number of furan rings is 1. The van der Waals surface area contributed by atoms with Crippen LogP contribution in [0.3, 0.4) is 0 Å². The van der Waals surface area contributed by atoms with Crippen molar-refractivity contribution in [1.82, 2.24) is 10.5 Å². The van der Waals surface area contributed by atoms with Crippen LogP contribution in [0.2, 0.25) is 0 Å². The van der Waals surface area contributed by atoms with Gasteiger partial charge in [-0.1, -0.05) is 19.0 Å². The summed E-state index contributed by atoms with van der Waals surface area (Å²) in [6.45, 7) is 6.39. The van der Waals surface area contributed by atoms with Gasteiger partial charge >= 0.3 is 0 Å². The van der Waals surface area contributed by atoms with E-state index in [-0.39, 0.29) is 5.91 Å². The van der Waals surface area contributed by atoms with Crippen molar-refractivity contribution in [3.63, 3.8) is 0 Å². The minimum atomic E-state index is -0.240. The Labute approximate surface area is 112 Å². The number of carbonyl (C=O) groups excluding carboxylic acids is 1. The van der Waals surface area contributed by atoms with Crippen LogP contribution in [0.15, 0.2) is 27.3 Å². The topological polar surface area (TPSA) is 68.3 Å². The summed E-state index contributed by atoms with van der Waals surface area (Å²) in [4.78, 5) is 11.8. The number of nitrogens with zero attached hydrogens (tertiary/aromatic N) is 1. The van der Waals surface area contributed by atoms with E-state index >= 15 is 0 Å². The van der Waals surface area contributed by atoms with Crippen LogP contribution in [-0.2, 0) is 13.0 Å². The quantitative estimate of drug-likeness (QED) is 0.899. The highest BCUT2D eigenvalue weighted by atomic mass is 16.5. The van der Waals surface area contributed by atoms with Gasteiger partial charge in [0.1, 0.15) is 11.5 Å². The van der Waals surface area contributed by atoms with E-state index in [4.69, 9.17) is 8.94 Å². The van der Waals surface area contributed by atoms with Gasteiger partial charge in [-0.25, -0.2) is 0 Å². The lowest BCUT2D eigenvalue weighted by atomic mass is 10.1. The Morgan fingerprint density at radius 1 is 1.47 bits per heavy atom. The number of hydrogen-bond acceptors (Lipinski definition) is 4. The molecule has 2 rings (SSSR count). The van der Waals surface area contributed by atoms with Gasteiger partial charge in [-0.05, 0) is 18.9 Å². The van der Waals surface area contributed by atoms with Crippen LogP contribution in [0.4, 0.5) is 0 Å². The predicted octanol–water partition coefficient (Wildman–Crippen LogP) is 2.70. The summed E-state index contributed by atoms with van der Waals surface area (Å²) < 4.78 is 10.3. The van der Waals surface area contributed by atoms with Gasteiger partial charge in [0.25, 0.3) is 5.91 Å². The number of carbonyl (C=O) groups is 1. The summed E-state index contributed by atoms with van der Waals surface area (Å²) in [7, 11) is 0. The Bertz CT molecular complexity index is 555. The molecule has 5 nitrogen and oxygen atoms in total. The molecule has 1 amide bonds. The third-order valence-electron chi connectivity index (χ3n) is 2.72. The zero-order chi connectivity index (χ0) is 13.8. The van der Waals surface area contributed by atoms with Crippen LogP contribution < -0.4 is 5.32 Å². The third-order valence-corrected chi connectivity index (χ3v) is 2.72. The number of amides is 1. The Morgan fingerprint density at radius 2 is 2.26 bits per heavy atom. The van der Waals surface area contributed by atoms with E-state index in [1.54, 1.807) is 6.07 Å². The van der Waals surface area contributed by atoms with Crippen molar-refractivity contribution in [2.75, 3.05) is 0 Å². The molecule has 0 aromatic carbocycles. The lowest BCUT2D eigenvalue weighted by Gasteiger charge is -2.00. The molecule has 19 heavy (non-hydrogen) atoms. The zero-order valence-electron chi connectivity index (χ0n) is 11.4. The first-order valence-corrected chi connectivity index (χ1v) is 6.33. The molecule has 2 aromatic heterocycles. The fourth-order valence-electron chi connectivity index (χ4n) is 1.79. The molecule has 5 heteroatoms. The summed E-state index contributed by atoms with van der Waals surface area (Å²) in [5.41, 5.74) is 1.53. The third kappa shape index (κ3) is 3.47. The van der Waals surface area contributed by atoms with Crippen LogP contribution >= 0.6 is 0 Å². The maximum absolute atomic E-state index is 11.8. The second kappa shape index (κ2) is 5.73. The second-order valence-electron chi connectivity index (χ2n) is 5.00. The largest absolute Gasteiger partial charge is 0.459 e. The summed E-state index contributed by atoms with van der Waals surface area (Å²) in [6, 6.07) is 3.63. The van der Waals surface area contributed by atoms with E-state index in [1.807, 2.05) is 13.0 Å². The van der Waals surface area contributed by atoms with E-state index < -0.39 is 0 Å². The van der Waals surface area contributed by atoms with Gasteiger partial charge in [-0.3, -0.25) is 4.79 Å². The normalized spacial score (nSPS) is 10.9. The first-order chi connectivity index (χ1) is 9.06. The molecular formula is C14H18N2O3. The van der Waals surface area contributed by atoms with Crippen molar-refractivity contribution in [3.8, 4) is 0 Å². The minimum Gasteiger partial charge on any atom is -0.459 e. The predicted molar refractivity (Wildman–Crippen MR) is 69.7 cm³/mol. The number of aromatic nitrogens is 1. The molecule has 2 heterocycles. The summed E-state index contributed by atoms with van der Waals surface area (Å²) in [6.07, 6.45) is 2.35. The molecule has 0 aliphatic rings. The van der Waals surface area contributed by atoms with Gasteiger partial charge < -0.3 is 14.3 Å². The van der Waals surface area contributed by atoms with Crippen molar-refractivity contribution in [3.05, 3.63) is 41.2 Å². The van der Waals surface area contributed by atoms with Crippen LogP contribution in [0.25, 0.3) is 0 Å². The van der Waals surface area contributed by atoms with Crippen LogP contribution in [0.1, 0.15) is 41.4 Å². The van der Waals surface area contributed by atoms with Crippen molar-refractivity contribution < 1.29 is 13.7 Å². The van der Waals surface area contributed by atoms with Gasteiger partial charge in [0.15, 0.2) is 5.76 Å². The molecule has 0 unspecified atom stereocenters. The van der Waals surface area contributed by atoms with Crippen molar-refractivity contribution >= 4 is 5.91 Å². The Kier molecular flexibility index (Phi) is 4.04. The van der Waals surface area contributed by atoms with E-state index in [0.717, 1.165) is 17.7 Å². The average Bonchev–Trinajstić information content (AvgIpc) is 2.94. The van der Waals surface area contributed by atoms with Crippen LogP contribution in [0.5, 0.6) is 0 Å². The molecule has 102 valence electrons. The van der Waals surface area contributed by atoms with Gasteiger partial charge in [0.2, 0.25) is 0 Å².